The van der Waals surface area contributed by atoms with Crippen molar-refractivity contribution in [2.45, 2.75) is 25.3 Å². The van der Waals surface area contributed by atoms with Gasteiger partial charge in [0.1, 0.15) is 0 Å². The van der Waals surface area contributed by atoms with Crippen LogP contribution in [0.5, 0.6) is 0 Å². The summed E-state index contributed by atoms with van der Waals surface area (Å²) in [6, 6.07) is 9.44. The van der Waals surface area contributed by atoms with E-state index < -0.39 is 0 Å². The maximum atomic E-state index is 12.3. The van der Waals surface area contributed by atoms with Crippen molar-refractivity contribution in [3.05, 3.63) is 51.7 Å². The minimum absolute atomic E-state index is 0.0813. The fourth-order valence-corrected chi connectivity index (χ4v) is 3.56. The highest BCUT2D eigenvalue weighted by Gasteiger charge is 2.23. The highest BCUT2D eigenvalue weighted by Crippen LogP contribution is 2.33. The predicted octanol–water partition coefficient (Wildman–Crippen LogP) is 3.14. The van der Waals surface area contributed by atoms with Crippen LogP contribution in [0.4, 0.5) is 5.69 Å². The monoisotopic (exact) mass is 272 g/mol. The van der Waals surface area contributed by atoms with Gasteiger partial charge in [0.25, 0.3) is 5.91 Å². The summed E-state index contributed by atoms with van der Waals surface area (Å²) in [6.45, 7) is 0. The van der Waals surface area contributed by atoms with Crippen LogP contribution in [-0.4, -0.2) is 5.91 Å². The van der Waals surface area contributed by atoms with Crippen LogP contribution >= 0.6 is 11.3 Å². The SMILES string of the molecule is Nc1ccccc1C(=O)NC1CCCc2sccc21. The molecule has 0 bridgehead atoms. The summed E-state index contributed by atoms with van der Waals surface area (Å²) in [7, 11) is 0. The van der Waals surface area contributed by atoms with Crippen LogP contribution in [-0.2, 0) is 6.42 Å². The standard InChI is InChI=1S/C15H16N2OS/c16-12-5-2-1-4-10(12)15(18)17-13-6-3-7-14-11(13)8-9-19-14/h1-2,4-5,8-9,13H,3,6-7,16H2,(H,17,18). The molecule has 0 aliphatic heterocycles. The van der Waals surface area contributed by atoms with E-state index >= 15 is 0 Å². The van der Waals surface area contributed by atoms with E-state index in [4.69, 9.17) is 5.73 Å². The Hall–Kier alpha value is -1.81. The lowest BCUT2D eigenvalue weighted by Crippen LogP contribution is -2.30. The molecule has 3 N–H and O–H groups in total. The van der Waals surface area contributed by atoms with Gasteiger partial charge in [0.15, 0.2) is 0 Å². The van der Waals surface area contributed by atoms with Crippen LogP contribution in [0.2, 0.25) is 0 Å². The fraction of sp³-hybridized carbons (Fsp3) is 0.267. The van der Waals surface area contributed by atoms with E-state index in [1.807, 2.05) is 12.1 Å². The highest BCUT2D eigenvalue weighted by atomic mass is 32.1. The normalized spacial score (nSPS) is 17.8. The summed E-state index contributed by atoms with van der Waals surface area (Å²) < 4.78 is 0. The molecule has 0 saturated heterocycles. The van der Waals surface area contributed by atoms with E-state index in [0.29, 0.717) is 11.3 Å². The molecule has 98 valence electrons. The number of benzene rings is 1. The highest BCUT2D eigenvalue weighted by molar-refractivity contribution is 7.10. The molecule has 4 heteroatoms. The molecule has 1 aromatic heterocycles. The smallest absolute Gasteiger partial charge is 0.253 e. The van der Waals surface area contributed by atoms with Crippen molar-refractivity contribution in [3.8, 4) is 0 Å². The first kappa shape index (κ1) is 12.2. The van der Waals surface area contributed by atoms with Crippen molar-refractivity contribution in [1.82, 2.24) is 5.32 Å². The Balaban J connectivity index is 1.80. The molecule has 0 fully saturated rings. The summed E-state index contributed by atoms with van der Waals surface area (Å²) in [4.78, 5) is 13.7. The summed E-state index contributed by atoms with van der Waals surface area (Å²) in [5.74, 6) is -0.0813. The van der Waals surface area contributed by atoms with Crippen molar-refractivity contribution in [1.29, 1.82) is 0 Å². The van der Waals surface area contributed by atoms with E-state index in [1.165, 1.54) is 10.4 Å². The lowest BCUT2D eigenvalue weighted by atomic mass is 9.94. The number of aryl methyl sites for hydroxylation is 1. The third kappa shape index (κ3) is 2.36. The van der Waals surface area contributed by atoms with Gasteiger partial charge in [-0.25, -0.2) is 0 Å². The number of para-hydroxylation sites is 1. The number of fused-ring (bicyclic) bond motifs is 1. The number of thiophene rings is 1. The van der Waals surface area contributed by atoms with Crippen molar-refractivity contribution >= 4 is 22.9 Å². The van der Waals surface area contributed by atoms with Gasteiger partial charge in [-0.15, -0.1) is 11.3 Å². The van der Waals surface area contributed by atoms with Gasteiger partial charge in [0.05, 0.1) is 11.6 Å². The predicted molar refractivity (Wildman–Crippen MR) is 78.3 cm³/mol. The molecule has 2 aromatic rings. The molecule has 19 heavy (non-hydrogen) atoms. The molecular formula is C15H16N2OS. The summed E-state index contributed by atoms with van der Waals surface area (Å²) in [5, 5.41) is 5.21. The molecule has 1 aliphatic carbocycles. The van der Waals surface area contributed by atoms with E-state index in [0.717, 1.165) is 19.3 Å². The minimum Gasteiger partial charge on any atom is -0.398 e. The first-order chi connectivity index (χ1) is 9.25. The van der Waals surface area contributed by atoms with Gasteiger partial charge in [-0.3, -0.25) is 4.79 Å². The fourth-order valence-electron chi connectivity index (χ4n) is 2.58. The molecule has 1 heterocycles. The Labute approximate surface area is 116 Å². The zero-order valence-corrected chi connectivity index (χ0v) is 11.4. The molecule has 1 amide bonds. The van der Waals surface area contributed by atoms with E-state index in [9.17, 15) is 4.79 Å². The van der Waals surface area contributed by atoms with Crippen LogP contribution in [0.3, 0.4) is 0 Å². The average Bonchev–Trinajstić information content (AvgIpc) is 2.88. The number of amides is 1. The molecular weight excluding hydrogens is 256 g/mol. The van der Waals surface area contributed by atoms with Crippen molar-refractivity contribution in [2.75, 3.05) is 5.73 Å². The Morgan fingerprint density at radius 3 is 3.00 bits per heavy atom. The van der Waals surface area contributed by atoms with Gasteiger partial charge < -0.3 is 11.1 Å². The Morgan fingerprint density at radius 2 is 2.16 bits per heavy atom. The maximum absolute atomic E-state index is 12.3. The van der Waals surface area contributed by atoms with Crippen LogP contribution < -0.4 is 11.1 Å². The second-order valence-electron chi connectivity index (χ2n) is 4.80. The quantitative estimate of drug-likeness (QED) is 0.825. The Kier molecular flexibility index (Phi) is 3.25. The topological polar surface area (TPSA) is 55.1 Å². The van der Waals surface area contributed by atoms with Crippen LogP contribution in [0.1, 0.15) is 39.7 Å². The minimum atomic E-state index is -0.0813. The molecule has 0 spiro atoms. The van der Waals surface area contributed by atoms with Gasteiger partial charge in [0, 0.05) is 10.6 Å². The summed E-state index contributed by atoms with van der Waals surface area (Å²) in [5.41, 5.74) is 8.21. The van der Waals surface area contributed by atoms with E-state index in [2.05, 4.69) is 16.8 Å². The third-order valence-electron chi connectivity index (χ3n) is 3.56. The van der Waals surface area contributed by atoms with Crippen molar-refractivity contribution < 1.29 is 4.79 Å². The number of rotatable bonds is 2. The van der Waals surface area contributed by atoms with Gasteiger partial charge in [-0.05, 0) is 48.4 Å². The van der Waals surface area contributed by atoms with Gasteiger partial charge >= 0.3 is 0 Å². The number of nitrogen functional groups attached to an aromatic ring is 1. The lowest BCUT2D eigenvalue weighted by Gasteiger charge is -2.24. The first-order valence-electron chi connectivity index (χ1n) is 6.47. The van der Waals surface area contributed by atoms with Gasteiger partial charge in [-0.1, -0.05) is 12.1 Å². The van der Waals surface area contributed by atoms with Gasteiger partial charge in [-0.2, -0.15) is 0 Å². The second kappa shape index (κ2) is 5.05. The third-order valence-corrected chi connectivity index (χ3v) is 4.56. The first-order valence-corrected chi connectivity index (χ1v) is 7.35. The number of nitrogens with one attached hydrogen (secondary N) is 1. The number of nitrogens with two attached hydrogens (primary N) is 1. The van der Waals surface area contributed by atoms with Gasteiger partial charge in [0.2, 0.25) is 0 Å². The number of hydrogen-bond donors (Lipinski definition) is 2. The van der Waals surface area contributed by atoms with Crippen molar-refractivity contribution in [3.63, 3.8) is 0 Å². The Bertz CT molecular complexity index is 606. The number of anilines is 1. The van der Waals surface area contributed by atoms with Crippen molar-refractivity contribution in [2.24, 2.45) is 0 Å². The molecule has 0 saturated carbocycles. The molecule has 3 rings (SSSR count). The molecule has 1 unspecified atom stereocenters. The lowest BCUT2D eigenvalue weighted by molar-refractivity contribution is 0.0934. The Morgan fingerprint density at radius 1 is 1.32 bits per heavy atom. The largest absolute Gasteiger partial charge is 0.398 e. The average molecular weight is 272 g/mol. The second-order valence-corrected chi connectivity index (χ2v) is 5.81. The number of hydrogen-bond acceptors (Lipinski definition) is 3. The summed E-state index contributed by atoms with van der Waals surface area (Å²) in [6.07, 6.45) is 3.26. The molecule has 1 aromatic carbocycles. The van der Waals surface area contributed by atoms with E-state index in [1.54, 1.807) is 23.5 Å². The molecule has 1 aliphatic rings. The summed E-state index contributed by atoms with van der Waals surface area (Å²) >= 11 is 1.78. The zero-order valence-electron chi connectivity index (χ0n) is 10.6. The van der Waals surface area contributed by atoms with E-state index in [-0.39, 0.29) is 11.9 Å². The maximum Gasteiger partial charge on any atom is 0.253 e. The molecule has 3 nitrogen and oxygen atoms in total. The van der Waals surface area contributed by atoms with Crippen LogP contribution in [0.25, 0.3) is 0 Å². The number of carbonyl (C=O) groups is 1. The van der Waals surface area contributed by atoms with Crippen LogP contribution in [0, 0.1) is 0 Å². The van der Waals surface area contributed by atoms with Crippen LogP contribution in [0.15, 0.2) is 35.7 Å². The molecule has 0 radical (unpaired) electrons. The number of carbonyl (C=O) groups excluding carboxylic acids is 1. The molecule has 1 atom stereocenters. The zero-order chi connectivity index (χ0) is 13.2.